The van der Waals surface area contributed by atoms with Gasteiger partial charge in [0.2, 0.25) is 0 Å². The van der Waals surface area contributed by atoms with Crippen molar-refractivity contribution in [3.63, 3.8) is 0 Å². The zero-order valence-electron chi connectivity index (χ0n) is 20.5. The van der Waals surface area contributed by atoms with E-state index in [1.807, 2.05) is 78.2 Å². The number of hydrogen-bond donors (Lipinski definition) is 1. The van der Waals surface area contributed by atoms with E-state index >= 15 is 0 Å². The number of rotatable bonds is 7. The van der Waals surface area contributed by atoms with Crippen molar-refractivity contribution in [3.8, 4) is 23.0 Å². The van der Waals surface area contributed by atoms with Crippen LogP contribution in [0.25, 0.3) is 27.8 Å². The van der Waals surface area contributed by atoms with Gasteiger partial charge in [-0.2, -0.15) is 5.26 Å². The quantitative estimate of drug-likeness (QED) is 0.366. The zero-order valence-corrected chi connectivity index (χ0v) is 20.5. The third-order valence-electron chi connectivity index (χ3n) is 6.06. The van der Waals surface area contributed by atoms with Gasteiger partial charge in [-0.1, -0.05) is 37.3 Å². The Bertz CT molecular complexity index is 1680. The van der Waals surface area contributed by atoms with Crippen molar-refractivity contribution in [2.75, 3.05) is 17.2 Å². The number of aromatic nitrogens is 6. The molecule has 5 aromatic rings. The van der Waals surface area contributed by atoms with Crippen molar-refractivity contribution in [1.82, 2.24) is 29.1 Å². The maximum atomic E-state index is 14.2. The molecule has 184 valence electrons. The lowest BCUT2D eigenvalue weighted by Crippen LogP contribution is -2.32. The fraction of sp³-hybridized carbons (Fsp3) is 0.185. The predicted molar refractivity (Wildman–Crippen MR) is 142 cm³/mol. The highest BCUT2D eigenvalue weighted by molar-refractivity contribution is 5.93. The highest BCUT2D eigenvalue weighted by Gasteiger charge is 2.22. The van der Waals surface area contributed by atoms with Crippen LogP contribution in [0.4, 0.5) is 11.6 Å². The molecule has 0 aliphatic rings. The van der Waals surface area contributed by atoms with Gasteiger partial charge in [-0.15, -0.1) is 0 Å². The molecule has 5 rings (SSSR count). The van der Waals surface area contributed by atoms with Crippen molar-refractivity contribution in [3.05, 3.63) is 89.1 Å². The number of para-hydroxylation sites is 1. The van der Waals surface area contributed by atoms with E-state index in [0.717, 1.165) is 6.42 Å². The smallest absolute Gasteiger partial charge is 0.266 e. The Kier molecular flexibility index (Phi) is 6.34. The highest BCUT2D eigenvalue weighted by Crippen LogP contribution is 2.27. The molecule has 0 saturated carbocycles. The Hall–Kier alpha value is -5.04. The summed E-state index contributed by atoms with van der Waals surface area (Å²) in [4.78, 5) is 33.8. The lowest BCUT2D eigenvalue weighted by Gasteiger charge is -2.25. The summed E-state index contributed by atoms with van der Waals surface area (Å²) < 4.78 is 3.46. The maximum Gasteiger partial charge on any atom is 0.266 e. The summed E-state index contributed by atoms with van der Waals surface area (Å²) in [6.45, 7) is 2.83. The second kappa shape index (κ2) is 9.91. The highest BCUT2D eigenvalue weighted by atomic mass is 16.1. The van der Waals surface area contributed by atoms with E-state index in [-0.39, 0.29) is 23.5 Å². The third kappa shape index (κ3) is 4.38. The number of nitriles is 1. The van der Waals surface area contributed by atoms with E-state index < -0.39 is 0 Å². The van der Waals surface area contributed by atoms with Crippen LogP contribution in [0.1, 0.15) is 24.7 Å². The molecule has 0 amide bonds. The van der Waals surface area contributed by atoms with Gasteiger partial charge in [-0.25, -0.2) is 19.9 Å². The maximum absolute atomic E-state index is 14.2. The Morgan fingerprint density at radius 2 is 1.89 bits per heavy atom. The third-order valence-corrected chi connectivity index (χ3v) is 6.06. The summed E-state index contributed by atoms with van der Waals surface area (Å²) in [6, 6.07) is 17.1. The number of imidazole rings is 1. The molecule has 10 nitrogen and oxygen atoms in total. The standard InChI is InChI=1S/C27H25N9O/c1-3-12-35(26-20(13-28)25(29)30-16-31-26)15-23-33-21-11-7-10-19(22-14-34(2)17-32-22)24(21)27(37)36(23)18-8-5-4-6-9-18/h4-11,14,16-17H,3,12,15H2,1-2H3,(H2,29,30,31). The molecule has 0 atom stereocenters. The molecule has 2 N–H and O–H groups in total. The van der Waals surface area contributed by atoms with Gasteiger partial charge >= 0.3 is 0 Å². The van der Waals surface area contributed by atoms with Gasteiger partial charge in [0.05, 0.1) is 35.2 Å². The number of fused-ring (bicyclic) bond motifs is 1. The summed E-state index contributed by atoms with van der Waals surface area (Å²) in [7, 11) is 1.89. The molecule has 0 aliphatic heterocycles. The number of anilines is 2. The van der Waals surface area contributed by atoms with Crippen LogP contribution >= 0.6 is 0 Å². The van der Waals surface area contributed by atoms with Crippen molar-refractivity contribution in [1.29, 1.82) is 5.26 Å². The van der Waals surface area contributed by atoms with Crippen LogP contribution in [0.5, 0.6) is 0 Å². The second-order valence-corrected chi connectivity index (χ2v) is 8.62. The van der Waals surface area contributed by atoms with Crippen LogP contribution in [0.3, 0.4) is 0 Å². The molecule has 0 unspecified atom stereocenters. The molecule has 0 saturated heterocycles. The molecule has 0 spiro atoms. The van der Waals surface area contributed by atoms with Gasteiger partial charge in [0.1, 0.15) is 29.6 Å². The summed E-state index contributed by atoms with van der Waals surface area (Å²) in [5.74, 6) is 1.03. The number of benzene rings is 2. The van der Waals surface area contributed by atoms with E-state index in [0.29, 0.717) is 46.0 Å². The summed E-state index contributed by atoms with van der Waals surface area (Å²) in [6.07, 6.45) is 5.70. The Morgan fingerprint density at radius 3 is 2.59 bits per heavy atom. The van der Waals surface area contributed by atoms with Crippen molar-refractivity contribution >= 4 is 22.5 Å². The SMILES string of the molecule is CCCN(Cc1nc2cccc(-c3cn(C)cn3)c2c(=O)n1-c1ccccc1)c1ncnc(N)c1C#N. The predicted octanol–water partition coefficient (Wildman–Crippen LogP) is 3.45. The molecule has 37 heavy (non-hydrogen) atoms. The van der Waals surface area contributed by atoms with Crippen LogP contribution < -0.4 is 16.2 Å². The van der Waals surface area contributed by atoms with Gasteiger partial charge in [0.25, 0.3) is 5.56 Å². The van der Waals surface area contributed by atoms with Crippen LogP contribution in [-0.4, -0.2) is 35.6 Å². The van der Waals surface area contributed by atoms with Crippen molar-refractivity contribution in [2.24, 2.45) is 7.05 Å². The van der Waals surface area contributed by atoms with Gasteiger partial charge in [0, 0.05) is 25.4 Å². The number of hydrogen-bond acceptors (Lipinski definition) is 8. The van der Waals surface area contributed by atoms with E-state index in [9.17, 15) is 10.1 Å². The fourth-order valence-electron chi connectivity index (χ4n) is 4.43. The first-order chi connectivity index (χ1) is 18.0. The van der Waals surface area contributed by atoms with Crippen LogP contribution in [0, 0.1) is 11.3 Å². The summed E-state index contributed by atoms with van der Waals surface area (Å²) in [5, 5.41) is 10.2. The number of nitrogens with two attached hydrogens (primary N) is 1. The Labute approximate surface area is 213 Å². The molecule has 0 fully saturated rings. The van der Waals surface area contributed by atoms with Crippen LogP contribution in [0.15, 0.2) is 72.2 Å². The molecule has 0 bridgehead atoms. The minimum atomic E-state index is -0.202. The van der Waals surface area contributed by atoms with Crippen LogP contribution in [0.2, 0.25) is 0 Å². The molecule has 2 aromatic carbocycles. The van der Waals surface area contributed by atoms with Gasteiger partial charge in [-0.3, -0.25) is 9.36 Å². The molecule has 0 aliphatic carbocycles. The summed E-state index contributed by atoms with van der Waals surface area (Å²) in [5.41, 5.74) is 8.63. The number of aryl methyl sites for hydroxylation is 1. The zero-order chi connectivity index (χ0) is 25.9. The average molecular weight is 492 g/mol. The lowest BCUT2D eigenvalue weighted by molar-refractivity contribution is 0.700. The van der Waals surface area contributed by atoms with Gasteiger partial charge < -0.3 is 15.2 Å². The molecule has 3 heterocycles. The van der Waals surface area contributed by atoms with E-state index in [1.165, 1.54) is 6.33 Å². The normalized spacial score (nSPS) is 10.9. The fourth-order valence-corrected chi connectivity index (χ4v) is 4.43. The second-order valence-electron chi connectivity index (χ2n) is 8.62. The molecule has 0 radical (unpaired) electrons. The van der Waals surface area contributed by atoms with E-state index in [1.54, 1.807) is 10.9 Å². The minimum absolute atomic E-state index is 0.112. The Morgan fingerprint density at radius 1 is 1.08 bits per heavy atom. The molecule has 3 aromatic heterocycles. The first-order valence-corrected chi connectivity index (χ1v) is 11.9. The molecular weight excluding hydrogens is 466 g/mol. The number of nitrogens with zero attached hydrogens (tertiary/aromatic N) is 8. The van der Waals surface area contributed by atoms with Gasteiger partial charge in [0.15, 0.2) is 5.82 Å². The minimum Gasteiger partial charge on any atom is -0.382 e. The topological polar surface area (TPSA) is 132 Å². The molecule has 10 heteroatoms. The largest absolute Gasteiger partial charge is 0.382 e. The van der Waals surface area contributed by atoms with Crippen LogP contribution in [-0.2, 0) is 13.6 Å². The van der Waals surface area contributed by atoms with E-state index in [4.69, 9.17) is 10.7 Å². The van der Waals surface area contributed by atoms with Gasteiger partial charge in [-0.05, 0) is 24.6 Å². The van der Waals surface area contributed by atoms with Crippen molar-refractivity contribution in [2.45, 2.75) is 19.9 Å². The average Bonchev–Trinajstić information content (AvgIpc) is 3.34. The Balaban J connectivity index is 1.75. The first kappa shape index (κ1) is 23.7. The number of nitrogen functional groups attached to an aromatic ring is 1. The van der Waals surface area contributed by atoms with Crippen molar-refractivity contribution < 1.29 is 0 Å². The lowest BCUT2D eigenvalue weighted by atomic mass is 10.1. The molecular formula is C27H25N9O. The van der Waals surface area contributed by atoms with E-state index in [2.05, 4.69) is 21.0 Å². The monoisotopic (exact) mass is 491 g/mol. The summed E-state index contributed by atoms with van der Waals surface area (Å²) >= 11 is 0. The first-order valence-electron chi connectivity index (χ1n) is 11.9.